The van der Waals surface area contributed by atoms with Gasteiger partial charge in [-0.1, -0.05) is 0 Å². The van der Waals surface area contributed by atoms with Crippen LogP contribution in [0.15, 0.2) is 30.7 Å². The van der Waals surface area contributed by atoms with Crippen molar-refractivity contribution in [2.45, 2.75) is 84.3 Å². The lowest BCUT2D eigenvalue weighted by Gasteiger charge is -2.54. The van der Waals surface area contributed by atoms with Crippen LogP contribution < -0.4 is 15.0 Å². The molecule has 0 bridgehead atoms. The molecule has 0 radical (unpaired) electrons. The van der Waals surface area contributed by atoms with E-state index in [-0.39, 0.29) is 23.6 Å². The van der Waals surface area contributed by atoms with E-state index in [1.807, 2.05) is 27.7 Å². The number of hydrogen-bond donors (Lipinski definition) is 1. The van der Waals surface area contributed by atoms with Gasteiger partial charge >= 0.3 is 0 Å². The minimum absolute atomic E-state index is 0.0358. The summed E-state index contributed by atoms with van der Waals surface area (Å²) in [6.45, 7) is 13.3. The van der Waals surface area contributed by atoms with Gasteiger partial charge in [0, 0.05) is 43.2 Å². The first-order valence-corrected chi connectivity index (χ1v) is 15.4. The Morgan fingerprint density at radius 2 is 1.78 bits per heavy atom. The van der Waals surface area contributed by atoms with Gasteiger partial charge in [-0.15, -0.1) is 0 Å². The largest absolute Gasteiger partial charge is 0.451 e. The minimum atomic E-state index is -0.473. The van der Waals surface area contributed by atoms with Gasteiger partial charge in [0.15, 0.2) is 11.6 Å². The first-order chi connectivity index (χ1) is 19.7. The molecule has 5 rings (SSSR count). The van der Waals surface area contributed by atoms with Crippen LogP contribution in [0.2, 0.25) is 0 Å². The van der Waals surface area contributed by atoms with Crippen molar-refractivity contribution in [3.05, 3.63) is 42.1 Å². The highest BCUT2D eigenvalue weighted by atomic mass is 19.1. The number of amides is 1. The summed E-state index contributed by atoms with van der Waals surface area (Å²) in [7, 11) is 2.09. The summed E-state index contributed by atoms with van der Waals surface area (Å²) in [5, 5.41) is 3.44. The molecule has 3 aliphatic rings. The van der Waals surface area contributed by atoms with Crippen LogP contribution in [0.5, 0.6) is 11.5 Å². The van der Waals surface area contributed by atoms with E-state index in [4.69, 9.17) is 4.74 Å². The summed E-state index contributed by atoms with van der Waals surface area (Å²) in [6.07, 6.45) is 10.9. The van der Waals surface area contributed by atoms with Crippen LogP contribution in [0.4, 0.5) is 10.2 Å². The smallest absolute Gasteiger partial charge is 0.258 e. The second kappa shape index (κ2) is 12.6. The number of rotatable bonds is 9. The van der Waals surface area contributed by atoms with E-state index in [1.54, 1.807) is 11.1 Å². The van der Waals surface area contributed by atoms with Crippen LogP contribution in [-0.4, -0.2) is 83.6 Å². The average molecular weight is 567 g/mol. The molecule has 0 unspecified atom stereocenters. The van der Waals surface area contributed by atoms with Crippen molar-refractivity contribution in [2.75, 3.05) is 44.7 Å². The molecule has 224 valence electrons. The molecule has 2 aliphatic heterocycles. The number of benzene rings is 1. The average Bonchev–Trinajstić information content (AvgIpc) is 2.93. The van der Waals surface area contributed by atoms with Gasteiger partial charge in [-0.25, -0.2) is 14.4 Å². The maximum absolute atomic E-state index is 14.3. The SMILES string of the molecule is CNC1CCC(CN2CCC3(CC2)CN(c2ncncc2Oc2ccc(F)cc2C(=O)N(C(C)C)C(C)C)C3)CC1. The Balaban J connectivity index is 1.22. The molecule has 1 aromatic carbocycles. The number of carbonyl (C=O) groups excluding carboxylic acids is 1. The molecular weight excluding hydrogens is 519 g/mol. The van der Waals surface area contributed by atoms with Gasteiger partial charge in [0.1, 0.15) is 17.9 Å². The second-order valence-electron chi connectivity index (χ2n) is 13.0. The number of nitrogens with zero attached hydrogens (tertiary/aromatic N) is 5. The highest BCUT2D eigenvalue weighted by Crippen LogP contribution is 2.45. The lowest BCUT2D eigenvalue weighted by Crippen LogP contribution is -2.61. The first kappa shape index (κ1) is 29.7. The van der Waals surface area contributed by atoms with Crippen molar-refractivity contribution < 1.29 is 13.9 Å². The molecule has 3 heterocycles. The van der Waals surface area contributed by atoms with Gasteiger partial charge in [-0.2, -0.15) is 0 Å². The van der Waals surface area contributed by atoms with E-state index in [0.29, 0.717) is 23.0 Å². The van der Waals surface area contributed by atoms with Gasteiger partial charge in [-0.05, 0) is 110 Å². The molecule has 1 saturated carbocycles. The monoisotopic (exact) mass is 566 g/mol. The third-order valence-electron chi connectivity index (χ3n) is 9.44. The summed E-state index contributed by atoms with van der Waals surface area (Å²) >= 11 is 0. The summed E-state index contributed by atoms with van der Waals surface area (Å²) in [4.78, 5) is 28.9. The number of aromatic nitrogens is 2. The number of anilines is 1. The number of ether oxygens (including phenoxy) is 1. The van der Waals surface area contributed by atoms with E-state index in [9.17, 15) is 9.18 Å². The second-order valence-corrected chi connectivity index (χ2v) is 13.0. The fourth-order valence-corrected chi connectivity index (χ4v) is 7.14. The number of hydrogen-bond acceptors (Lipinski definition) is 7. The van der Waals surface area contributed by atoms with E-state index >= 15 is 0 Å². The van der Waals surface area contributed by atoms with Crippen LogP contribution in [0.25, 0.3) is 0 Å². The van der Waals surface area contributed by atoms with Crippen LogP contribution in [0, 0.1) is 17.2 Å². The van der Waals surface area contributed by atoms with E-state index in [1.165, 1.54) is 69.6 Å². The molecule has 9 heteroatoms. The Kier molecular flexibility index (Phi) is 9.14. The van der Waals surface area contributed by atoms with E-state index in [0.717, 1.165) is 37.9 Å². The minimum Gasteiger partial charge on any atom is -0.451 e. The lowest BCUT2D eigenvalue weighted by molar-refractivity contribution is 0.0615. The van der Waals surface area contributed by atoms with Crippen LogP contribution in [0.3, 0.4) is 0 Å². The van der Waals surface area contributed by atoms with E-state index in [2.05, 4.69) is 32.1 Å². The van der Waals surface area contributed by atoms with Crippen molar-refractivity contribution in [3.8, 4) is 11.5 Å². The van der Waals surface area contributed by atoms with Crippen molar-refractivity contribution in [2.24, 2.45) is 11.3 Å². The van der Waals surface area contributed by atoms with Crippen molar-refractivity contribution in [3.63, 3.8) is 0 Å². The van der Waals surface area contributed by atoms with Gasteiger partial charge in [-0.3, -0.25) is 4.79 Å². The molecule has 3 fully saturated rings. The highest BCUT2D eigenvalue weighted by molar-refractivity contribution is 5.97. The maximum atomic E-state index is 14.3. The van der Waals surface area contributed by atoms with Gasteiger partial charge < -0.3 is 24.8 Å². The predicted octanol–water partition coefficient (Wildman–Crippen LogP) is 5.35. The first-order valence-electron chi connectivity index (χ1n) is 15.4. The Bertz CT molecular complexity index is 1170. The van der Waals surface area contributed by atoms with Gasteiger partial charge in [0.05, 0.1) is 11.8 Å². The summed E-state index contributed by atoms with van der Waals surface area (Å²) in [6, 6.07) is 4.74. The standard InChI is InChI=1S/C32H47FN6O2/c1-22(2)39(23(3)4)31(40)27-16-25(33)8-11-28(27)41-29-17-35-21-36-30(29)38-19-32(20-38)12-14-37(15-13-32)18-24-6-9-26(34-5)10-7-24/h8,11,16-17,21-24,26,34H,6-7,9-10,12-15,18-20H2,1-5H3. The Morgan fingerprint density at radius 1 is 1.10 bits per heavy atom. The third-order valence-corrected chi connectivity index (χ3v) is 9.44. The molecule has 2 aromatic rings. The molecular formula is C32H47FN6O2. The normalized spacial score (nSPS) is 22.7. The predicted molar refractivity (Wildman–Crippen MR) is 160 cm³/mol. The number of halogens is 1. The van der Waals surface area contributed by atoms with Crippen molar-refractivity contribution in [1.82, 2.24) is 25.1 Å². The Morgan fingerprint density at radius 3 is 2.41 bits per heavy atom. The molecule has 1 amide bonds. The molecule has 8 nitrogen and oxygen atoms in total. The summed E-state index contributed by atoms with van der Waals surface area (Å²) < 4.78 is 20.6. The van der Waals surface area contributed by atoms with E-state index < -0.39 is 5.82 Å². The quantitative estimate of drug-likeness (QED) is 0.439. The topological polar surface area (TPSA) is 73.8 Å². The van der Waals surface area contributed by atoms with Gasteiger partial charge in [0.25, 0.3) is 5.91 Å². The number of likely N-dealkylation sites (tertiary alicyclic amines) is 1. The van der Waals surface area contributed by atoms with Crippen molar-refractivity contribution >= 4 is 11.7 Å². The zero-order valence-corrected chi connectivity index (χ0v) is 25.4. The molecule has 1 aliphatic carbocycles. The zero-order chi connectivity index (χ0) is 29.1. The number of nitrogens with one attached hydrogen (secondary N) is 1. The molecule has 2 saturated heterocycles. The maximum Gasteiger partial charge on any atom is 0.258 e. The summed E-state index contributed by atoms with van der Waals surface area (Å²) in [5.41, 5.74) is 0.517. The number of piperidine rings is 1. The van der Waals surface area contributed by atoms with Gasteiger partial charge in [0.2, 0.25) is 0 Å². The lowest BCUT2D eigenvalue weighted by atomic mass is 9.71. The van der Waals surface area contributed by atoms with Crippen LogP contribution >= 0.6 is 0 Å². The van der Waals surface area contributed by atoms with Crippen LogP contribution in [-0.2, 0) is 0 Å². The Hall–Kier alpha value is -2.78. The molecule has 0 atom stereocenters. The molecule has 1 aromatic heterocycles. The number of carbonyl (C=O) groups is 1. The highest BCUT2D eigenvalue weighted by Gasteiger charge is 2.46. The Labute approximate surface area is 244 Å². The summed E-state index contributed by atoms with van der Waals surface area (Å²) in [5.74, 6) is 1.63. The third kappa shape index (κ3) is 6.67. The van der Waals surface area contributed by atoms with Crippen LogP contribution in [0.1, 0.15) is 76.6 Å². The fraction of sp³-hybridized carbons (Fsp3) is 0.656. The van der Waals surface area contributed by atoms with Crippen molar-refractivity contribution in [1.29, 1.82) is 0 Å². The molecule has 1 N–H and O–H groups in total. The molecule has 1 spiro atoms. The fourth-order valence-electron chi connectivity index (χ4n) is 7.14. The molecule has 41 heavy (non-hydrogen) atoms. The zero-order valence-electron chi connectivity index (χ0n) is 25.4.